The van der Waals surface area contributed by atoms with Crippen LogP contribution in [0, 0.1) is 12.1 Å². The third-order valence-electron chi connectivity index (χ3n) is 7.73. The predicted molar refractivity (Wildman–Crippen MR) is 187 cm³/mol. The largest absolute Gasteiger partial charge is 0.477 e. The molecule has 0 fully saturated rings. The standard InChI is InChI=1S/C26H20NO.C14H16NSi.Ir/c1-17(2)19-12-13-27-24(14-19)21-9-11-23-22-10-8-20(18-6-4-3-5-7-18)15-25(22)28-26(23)16-21;1-16(2,3)13-9-10-14(15-11-13)12-7-5-4-6-8-12;/h3-15,17H,1-2H3;4-7,9-11H,1-3H3;/q2*-1;/i17D;;. The summed E-state index contributed by atoms with van der Waals surface area (Å²) in [5.74, 6) is -0.672. The Kier molecular flexibility index (Phi) is 9.51. The van der Waals surface area contributed by atoms with Gasteiger partial charge < -0.3 is 14.4 Å². The van der Waals surface area contributed by atoms with Crippen molar-refractivity contribution in [2.45, 2.75) is 39.4 Å². The Morgan fingerprint density at radius 3 is 2.20 bits per heavy atom. The molecular formula is C40H36IrN2OSi-2. The zero-order valence-corrected chi connectivity index (χ0v) is 29.6. The summed E-state index contributed by atoms with van der Waals surface area (Å²) in [5, 5.41) is 3.52. The zero-order chi connectivity index (χ0) is 31.6. The minimum Gasteiger partial charge on any atom is -0.477 e. The first-order valence-corrected chi connectivity index (χ1v) is 18.4. The van der Waals surface area contributed by atoms with Gasteiger partial charge in [-0.3, -0.25) is 0 Å². The molecule has 0 saturated carbocycles. The number of hydrogen-bond acceptors (Lipinski definition) is 3. The second-order valence-corrected chi connectivity index (χ2v) is 17.3. The fourth-order valence-electron chi connectivity index (χ4n) is 5.10. The predicted octanol–water partition coefficient (Wildman–Crippen LogP) is 10.3. The molecule has 7 rings (SSSR count). The molecule has 0 unspecified atom stereocenters. The van der Waals surface area contributed by atoms with E-state index in [-0.39, 0.29) is 20.1 Å². The molecule has 0 amide bonds. The van der Waals surface area contributed by atoms with E-state index >= 15 is 0 Å². The maximum Gasteiger partial charge on any atom is 0.124 e. The van der Waals surface area contributed by atoms with Crippen LogP contribution < -0.4 is 5.19 Å². The van der Waals surface area contributed by atoms with Crippen LogP contribution in [0.5, 0.6) is 0 Å². The van der Waals surface area contributed by atoms with Crippen LogP contribution in [-0.4, -0.2) is 18.0 Å². The molecule has 4 aromatic carbocycles. The Morgan fingerprint density at radius 2 is 1.51 bits per heavy atom. The third-order valence-corrected chi connectivity index (χ3v) is 9.76. The Labute approximate surface area is 282 Å². The average molecular weight is 782 g/mol. The molecule has 3 aromatic heterocycles. The summed E-state index contributed by atoms with van der Waals surface area (Å²) in [5.41, 5.74) is 8.52. The SMILES string of the molecule is C[Si](C)(C)c1ccc(-c2[c-]cccc2)nc1.[2H]C(C)(C)c1ccnc(-c2[c-]c3oc4cc(-c5ccccc5)ccc4c3cc2)c1.[Ir]. The van der Waals surface area contributed by atoms with E-state index in [1.165, 1.54) is 10.8 Å². The number of rotatable bonds is 5. The molecule has 0 bridgehead atoms. The van der Waals surface area contributed by atoms with E-state index in [4.69, 9.17) is 5.79 Å². The van der Waals surface area contributed by atoms with Gasteiger partial charge in [-0.2, -0.15) is 0 Å². The van der Waals surface area contributed by atoms with E-state index in [9.17, 15) is 0 Å². The fourth-order valence-corrected chi connectivity index (χ4v) is 6.14. The number of benzene rings is 4. The first-order valence-electron chi connectivity index (χ1n) is 15.4. The smallest absolute Gasteiger partial charge is 0.124 e. The van der Waals surface area contributed by atoms with Crippen molar-refractivity contribution in [2.24, 2.45) is 0 Å². The number of fused-ring (bicyclic) bond motifs is 3. The molecule has 0 saturated heterocycles. The van der Waals surface area contributed by atoms with Crippen LogP contribution >= 0.6 is 0 Å². The van der Waals surface area contributed by atoms with Crippen molar-refractivity contribution in [3.8, 4) is 33.6 Å². The molecule has 0 N–H and O–H groups in total. The monoisotopic (exact) mass is 782 g/mol. The summed E-state index contributed by atoms with van der Waals surface area (Å²) in [7, 11) is -1.23. The summed E-state index contributed by atoms with van der Waals surface area (Å²) in [6.45, 7) is 10.8. The molecule has 1 radical (unpaired) electrons. The molecule has 3 nitrogen and oxygen atoms in total. The van der Waals surface area contributed by atoms with Gasteiger partial charge in [-0.1, -0.05) is 111 Å². The van der Waals surface area contributed by atoms with Crippen LogP contribution in [0.15, 0.2) is 126 Å². The van der Waals surface area contributed by atoms with Crippen molar-refractivity contribution in [2.75, 3.05) is 0 Å². The maximum atomic E-state index is 8.27. The van der Waals surface area contributed by atoms with Gasteiger partial charge in [0.05, 0.1) is 13.7 Å². The van der Waals surface area contributed by atoms with E-state index in [0.29, 0.717) is 0 Å². The number of furan rings is 1. The summed E-state index contributed by atoms with van der Waals surface area (Å²) >= 11 is 0. The molecule has 0 atom stereocenters. The molecular weight excluding hydrogens is 745 g/mol. The summed E-state index contributed by atoms with van der Waals surface area (Å²) in [6.07, 6.45) is 3.77. The van der Waals surface area contributed by atoms with Gasteiger partial charge in [0.2, 0.25) is 0 Å². The minimum absolute atomic E-state index is 0. The van der Waals surface area contributed by atoms with Gasteiger partial charge in [-0.05, 0) is 51.1 Å². The number of nitrogens with zero attached hydrogens (tertiary/aromatic N) is 2. The summed E-state index contributed by atoms with van der Waals surface area (Å²) in [4.78, 5) is 9.00. The fraction of sp³-hybridized carbons (Fsp3) is 0.150. The first-order chi connectivity index (χ1) is 21.6. The topological polar surface area (TPSA) is 38.9 Å². The van der Waals surface area contributed by atoms with Crippen LogP contribution in [0.1, 0.15) is 26.7 Å². The van der Waals surface area contributed by atoms with E-state index in [1.54, 1.807) is 6.20 Å². The molecule has 0 aliphatic heterocycles. The molecule has 0 aliphatic carbocycles. The van der Waals surface area contributed by atoms with Crippen LogP contribution in [-0.2, 0) is 20.1 Å². The quantitative estimate of drug-likeness (QED) is 0.129. The van der Waals surface area contributed by atoms with Crippen LogP contribution in [0.25, 0.3) is 55.6 Å². The third kappa shape index (κ3) is 7.40. The minimum atomic E-state index is -1.23. The zero-order valence-electron chi connectivity index (χ0n) is 27.2. The molecule has 0 spiro atoms. The van der Waals surface area contributed by atoms with Gasteiger partial charge >= 0.3 is 0 Å². The van der Waals surface area contributed by atoms with E-state index in [0.717, 1.165) is 55.6 Å². The van der Waals surface area contributed by atoms with Gasteiger partial charge in [0.1, 0.15) is 5.58 Å². The number of aromatic nitrogens is 2. The molecule has 0 aliphatic rings. The van der Waals surface area contributed by atoms with Gasteiger partial charge in [-0.15, -0.1) is 53.6 Å². The molecule has 227 valence electrons. The summed E-state index contributed by atoms with van der Waals surface area (Å²) < 4.78 is 14.4. The van der Waals surface area contributed by atoms with E-state index < -0.39 is 14.0 Å². The van der Waals surface area contributed by atoms with Crippen LogP contribution in [0.4, 0.5) is 0 Å². The normalized spacial score (nSPS) is 11.8. The van der Waals surface area contributed by atoms with Crippen molar-refractivity contribution in [3.63, 3.8) is 0 Å². The first kappa shape index (κ1) is 30.9. The van der Waals surface area contributed by atoms with Gasteiger partial charge in [0.15, 0.2) is 0 Å². The second kappa shape index (κ2) is 13.9. The second-order valence-electron chi connectivity index (χ2n) is 12.2. The summed E-state index contributed by atoms with van der Waals surface area (Å²) in [6, 6.07) is 43.4. The van der Waals surface area contributed by atoms with E-state index in [1.807, 2.05) is 80.7 Å². The van der Waals surface area contributed by atoms with Gasteiger partial charge in [0.25, 0.3) is 0 Å². The molecule has 7 aromatic rings. The van der Waals surface area contributed by atoms with Crippen molar-refractivity contribution >= 4 is 35.2 Å². The van der Waals surface area contributed by atoms with E-state index in [2.05, 4.69) is 90.3 Å². The van der Waals surface area contributed by atoms with Crippen molar-refractivity contribution in [1.82, 2.24) is 9.97 Å². The average Bonchev–Trinajstić information content (AvgIpc) is 3.42. The van der Waals surface area contributed by atoms with Crippen LogP contribution in [0.3, 0.4) is 0 Å². The Balaban J connectivity index is 0.000000209. The number of pyridine rings is 2. The molecule has 3 heterocycles. The van der Waals surface area contributed by atoms with Crippen molar-refractivity contribution in [3.05, 3.63) is 139 Å². The van der Waals surface area contributed by atoms with Gasteiger partial charge in [-0.25, -0.2) is 0 Å². The van der Waals surface area contributed by atoms with Crippen molar-refractivity contribution in [1.29, 1.82) is 0 Å². The van der Waals surface area contributed by atoms with Crippen LogP contribution in [0.2, 0.25) is 19.6 Å². The molecule has 5 heteroatoms. The Morgan fingerprint density at radius 1 is 0.733 bits per heavy atom. The Hall–Kier alpha value is -4.15. The number of hydrogen-bond donors (Lipinski definition) is 0. The Bertz CT molecular complexity index is 2060. The maximum absolute atomic E-state index is 8.27. The van der Waals surface area contributed by atoms with Gasteiger partial charge in [0, 0.05) is 33.9 Å². The van der Waals surface area contributed by atoms with Crippen molar-refractivity contribution < 1.29 is 25.9 Å². The molecule has 45 heavy (non-hydrogen) atoms.